The van der Waals surface area contributed by atoms with E-state index in [4.69, 9.17) is 4.74 Å². The average Bonchev–Trinajstić information content (AvgIpc) is 3.12. The number of hydrogen-bond acceptors (Lipinski definition) is 5. The molecule has 6 nitrogen and oxygen atoms in total. The molecule has 0 rings (SSSR count). The van der Waals surface area contributed by atoms with Crippen molar-refractivity contribution < 1.29 is 24.5 Å². The lowest BCUT2D eigenvalue weighted by Crippen LogP contribution is -2.46. The second-order valence-electron chi connectivity index (χ2n) is 14.1. The van der Waals surface area contributed by atoms with Crippen LogP contribution in [0.1, 0.15) is 188 Å². The molecular weight excluding hydrogens is 634 g/mol. The molecule has 3 N–H and O–H groups in total. The van der Waals surface area contributed by atoms with Crippen LogP contribution in [0.15, 0.2) is 60.8 Å². The van der Waals surface area contributed by atoms with E-state index in [1.807, 2.05) is 30.4 Å². The number of nitrogens with one attached hydrogen (secondary N) is 1. The molecule has 0 saturated heterocycles. The summed E-state index contributed by atoms with van der Waals surface area (Å²) >= 11 is 0. The van der Waals surface area contributed by atoms with Crippen LogP contribution in [0.25, 0.3) is 0 Å². The van der Waals surface area contributed by atoms with Crippen LogP contribution < -0.4 is 5.32 Å². The highest BCUT2D eigenvalue weighted by molar-refractivity contribution is 5.77. The molecule has 6 heteroatoms. The number of esters is 1. The molecule has 0 heterocycles. The van der Waals surface area contributed by atoms with Gasteiger partial charge in [0.25, 0.3) is 0 Å². The van der Waals surface area contributed by atoms with Gasteiger partial charge in [-0.25, -0.2) is 0 Å². The smallest absolute Gasteiger partial charge is 0.306 e. The maximum absolute atomic E-state index is 13.0. The summed E-state index contributed by atoms with van der Waals surface area (Å²) in [7, 11) is 0. The van der Waals surface area contributed by atoms with Gasteiger partial charge in [0.1, 0.15) is 6.10 Å². The maximum Gasteiger partial charge on any atom is 0.306 e. The number of aliphatic hydroxyl groups is 2. The second-order valence-corrected chi connectivity index (χ2v) is 14.1. The zero-order valence-corrected chi connectivity index (χ0v) is 33.2. The molecule has 51 heavy (non-hydrogen) atoms. The largest absolute Gasteiger partial charge is 0.462 e. The fraction of sp³-hybridized carbons (Fsp3) is 0.733. The van der Waals surface area contributed by atoms with E-state index in [-0.39, 0.29) is 24.9 Å². The van der Waals surface area contributed by atoms with Gasteiger partial charge in [-0.05, 0) is 64.2 Å². The van der Waals surface area contributed by atoms with Gasteiger partial charge in [-0.2, -0.15) is 0 Å². The molecule has 0 aliphatic rings. The van der Waals surface area contributed by atoms with Crippen molar-refractivity contribution in [1.29, 1.82) is 0 Å². The summed E-state index contributed by atoms with van der Waals surface area (Å²) in [5.41, 5.74) is 0. The lowest BCUT2D eigenvalue weighted by molar-refractivity contribution is -0.151. The Bertz CT molecular complexity index is 937. The number of allylic oxidation sites excluding steroid dienone is 10. The van der Waals surface area contributed by atoms with Gasteiger partial charge in [0.05, 0.1) is 25.2 Å². The first-order valence-electron chi connectivity index (χ1n) is 21.1. The van der Waals surface area contributed by atoms with Crippen molar-refractivity contribution in [3.8, 4) is 0 Å². The van der Waals surface area contributed by atoms with Crippen molar-refractivity contribution in [3.05, 3.63) is 60.8 Å². The Labute approximate surface area is 314 Å². The Balaban J connectivity index is 4.62. The normalized spacial score (nSPS) is 14.1. The Hall–Kier alpha value is -2.44. The molecule has 0 spiro atoms. The molecule has 0 saturated carbocycles. The SMILES string of the molecule is CC/C=C/C=C/C=C\C=C/CCCCCC(=O)OC(CCCCC/C=C\CCC)CC(=O)NC(CO)C(O)CCCCCCCCCCCCC. The van der Waals surface area contributed by atoms with Crippen LogP contribution in [-0.4, -0.2) is 46.9 Å². The van der Waals surface area contributed by atoms with Crippen LogP contribution in [0.3, 0.4) is 0 Å². The Morgan fingerprint density at radius 2 is 1.12 bits per heavy atom. The Kier molecular flexibility index (Phi) is 36.9. The van der Waals surface area contributed by atoms with E-state index in [1.165, 1.54) is 51.4 Å². The van der Waals surface area contributed by atoms with Crippen LogP contribution in [0, 0.1) is 0 Å². The predicted molar refractivity (Wildman–Crippen MR) is 218 cm³/mol. The fourth-order valence-electron chi connectivity index (χ4n) is 5.97. The van der Waals surface area contributed by atoms with E-state index in [9.17, 15) is 19.8 Å². The summed E-state index contributed by atoms with van der Waals surface area (Å²) < 4.78 is 5.83. The summed E-state index contributed by atoms with van der Waals surface area (Å²) in [6.45, 7) is 6.22. The molecule has 0 aromatic carbocycles. The van der Waals surface area contributed by atoms with E-state index in [1.54, 1.807) is 0 Å². The highest BCUT2D eigenvalue weighted by Crippen LogP contribution is 2.16. The summed E-state index contributed by atoms with van der Waals surface area (Å²) in [6, 6.07) is -0.712. The van der Waals surface area contributed by atoms with Crippen molar-refractivity contribution in [3.63, 3.8) is 0 Å². The monoisotopic (exact) mass is 714 g/mol. The molecule has 0 aliphatic heterocycles. The van der Waals surface area contributed by atoms with E-state index in [2.05, 4.69) is 56.5 Å². The molecule has 0 radical (unpaired) electrons. The minimum Gasteiger partial charge on any atom is -0.462 e. The molecule has 1 amide bonds. The quantitative estimate of drug-likeness (QED) is 0.0260. The topological polar surface area (TPSA) is 95.9 Å². The lowest BCUT2D eigenvalue weighted by Gasteiger charge is -2.24. The highest BCUT2D eigenvalue weighted by Gasteiger charge is 2.24. The molecule has 294 valence electrons. The van der Waals surface area contributed by atoms with Crippen molar-refractivity contribution >= 4 is 11.9 Å². The van der Waals surface area contributed by atoms with Crippen LogP contribution in [-0.2, 0) is 14.3 Å². The van der Waals surface area contributed by atoms with Gasteiger partial charge in [0.15, 0.2) is 0 Å². The van der Waals surface area contributed by atoms with Crippen molar-refractivity contribution in [2.75, 3.05) is 6.61 Å². The predicted octanol–water partition coefficient (Wildman–Crippen LogP) is 11.7. The average molecular weight is 714 g/mol. The number of carbonyl (C=O) groups is 2. The van der Waals surface area contributed by atoms with Crippen LogP contribution in [0.2, 0.25) is 0 Å². The van der Waals surface area contributed by atoms with E-state index >= 15 is 0 Å². The van der Waals surface area contributed by atoms with Crippen molar-refractivity contribution in [2.45, 2.75) is 206 Å². The molecule has 0 fully saturated rings. The summed E-state index contributed by atoms with van der Waals surface area (Å²) in [5.74, 6) is -0.547. The van der Waals surface area contributed by atoms with Gasteiger partial charge >= 0.3 is 5.97 Å². The van der Waals surface area contributed by atoms with Gasteiger partial charge in [-0.15, -0.1) is 0 Å². The Morgan fingerprint density at radius 1 is 0.588 bits per heavy atom. The summed E-state index contributed by atoms with van der Waals surface area (Å²) in [4.78, 5) is 25.8. The third-order valence-corrected chi connectivity index (χ3v) is 9.16. The summed E-state index contributed by atoms with van der Waals surface area (Å²) in [6.07, 6.45) is 45.7. The third kappa shape index (κ3) is 34.4. The van der Waals surface area contributed by atoms with Crippen LogP contribution in [0.5, 0.6) is 0 Å². The van der Waals surface area contributed by atoms with Crippen LogP contribution in [0.4, 0.5) is 0 Å². The van der Waals surface area contributed by atoms with Gasteiger partial charge < -0.3 is 20.3 Å². The molecule has 0 bridgehead atoms. The number of ether oxygens (including phenoxy) is 1. The first kappa shape index (κ1) is 48.6. The molecular formula is C45H79NO5. The zero-order chi connectivity index (χ0) is 37.5. The van der Waals surface area contributed by atoms with E-state index < -0.39 is 18.2 Å². The minimum atomic E-state index is -0.796. The number of carbonyl (C=O) groups excluding carboxylic acids is 2. The van der Waals surface area contributed by atoms with E-state index in [0.29, 0.717) is 19.3 Å². The van der Waals surface area contributed by atoms with Crippen molar-refractivity contribution in [2.24, 2.45) is 0 Å². The van der Waals surface area contributed by atoms with E-state index in [0.717, 1.165) is 89.9 Å². The standard InChI is InChI=1S/C45H79NO5/c1-4-7-10-13-16-19-21-22-24-26-29-32-35-38-45(50)51-41(36-33-30-27-18-15-12-9-6-3)39-44(49)46-42(40-47)43(48)37-34-31-28-25-23-20-17-14-11-8-5-2/h7,10,12-13,15-16,19,21-22,24,41-43,47-48H,4-6,8-9,11,14,17-18,20,23,25-40H2,1-3H3,(H,46,49)/b10-7+,15-12-,16-13+,21-19-,24-22-. The number of aliphatic hydroxyl groups excluding tert-OH is 2. The lowest BCUT2D eigenvalue weighted by atomic mass is 10.0. The maximum atomic E-state index is 13.0. The fourth-order valence-corrected chi connectivity index (χ4v) is 5.97. The summed E-state index contributed by atoms with van der Waals surface area (Å²) in [5, 5.41) is 23.5. The number of rotatable bonds is 36. The second kappa shape index (κ2) is 38.8. The molecule has 0 aliphatic carbocycles. The van der Waals surface area contributed by atoms with Crippen molar-refractivity contribution in [1.82, 2.24) is 5.32 Å². The number of hydrogen-bond donors (Lipinski definition) is 3. The van der Waals surface area contributed by atoms with Gasteiger partial charge in [0.2, 0.25) is 5.91 Å². The van der Waals surface area contributed by atoms with Crippen LogP contribution >= 0.6 is 0 Å². The number of unbranched alkanes of at least 4 members (excludes halogenated alkanes) is 17. The molecule has 3 unspecified atom stereocenters. The first-order valence-corrected chi connectivity index (χ1v) is 21.1. The first-order chi connectivity index (χ1) is 25.0. The molecule has 0 aromatic heterocycles. The van der Waals surface area contributed by atoms with Gasteiger partial charge in [0, 0.05) is 6.42 Å². The van der Waals surface area contributed by atoms with Gasteiger partial charge in [-0.1, -0.05) is 171 Å². The number of amides is 1. The zero-order valence-electron chi connectivity index (χ0n) is 33.2. The minimum absolute atomic E-state index is 0.0478. The molecule has 0 aromatic rings. The third-order valence-electron chi connectivity index (χ3n) is 9.16. The highest BCUT2D eigenvalue weighted by atomic mass is 16.5. The van der Waals surface area contributed by atoms with Gasteiger partial charge in [-0.3, -0.25) is 9.59 Å². The Morgan fingerprint density at radius 3 is 1.75 bits per heavy atom. The molecule has 3 atom stereocenters.